The minimum atomic E-state index is 0.162. The first kappa shape index (κ1) is 17.1. The SMILES string of the molecule is Cc1ccccc1CN(C(=O)c1ccc2c(c1)CCO2)C1CCCCC1. The van der Waals surface area contributed by atoms with E-state index >= 15 is 0 Å². The fraction of sp³-hybridized carbons (Fsp3) is 0.435. The summed E-state index contributed by atoms with van der Waals surface area (Å²) in [6.07, 6.45) is 6.87. The monoisotopic (exact) mass is 349 g/mol. The van der Waals surface area contributed by atoms with Crippen LogP contribution >= 0.6 is 0 Å². The third-order valence-corrected chi connectivity index (χ3v) is 5.81. The van der Waals surface area contributed by atoms with Gasteiger partial charge >= 0.3 is 0 Å². The summed E-state index contributed by atoms with van der Waals surface area (Å²) in [4.78, 5) is 15.6. The molecular weight excluding hydrogens is 322 g/mol. The Hall–Kier alpha value is -2.29. The van der Waals surface area contributed by atoms with E-state index in [1.807, 2.05) is 18.2 Å². The van der Waals surface area contributed by atoms with Crippen molar-refractivity contribution in [1.82, 2.24) is 4.90 Å². The molecule has 4 rings (SSSR count). The Bertz CT molecular complexity index is 793. The van der Waals surface area contributed by atoms with Gasteiger partial charge in [0.2, 0.25) is 0 Å². The summed E-state index contributed by atoms with van der Waals surface area (Å²) < 4.78 is 5.60. The predicted octanol–water partition coefficient (Wildman–Crippen LogP) is 4.91. The lowest BCUT2D eigenvalue weighted by atomic mass is 9.92. The summed E-state index contributed by atoms with van der Waals surface area (Å²) in [5.41, 5.74) is 4.46. The molecule has 0 aromatic heterocycles. The second kappa shape index (κ2) is 7.53. The van der Waals surface area contributed by atoms with Crippen molar-refractivity contribution in [3.8, 4) is 5.75 Å². The number of carbonyl (C=O) groups excluding carboxylic acids is 1. The summed E-state index contributed by atoms with van der Waals surface area (Å²) in [5.74, 6) is 1.10. The van der Waals surface area contributed by atoms with Crippen LogP contribution < -0.4 is 4.74 Å². The molecule has 1 saturated carbocycles. The van der Waals surface area contributed by atoms with Gasteiger partial charge in [0.25, 0.3) is 5.91 Å². The van der Waals surface area contributed by atoms with E-state index in [0.717, 1.165) is 42.7 Å². The molecular formula is C23H27NO2. The smallest absolute Gasteiger partial charge is 0.254 e. The van der Waals surface area contributed by atoms with Gasteiger partial charge < -0.3 is 9.64 Å². The Morgan fingerprint density at radius 1 is 1.12 bits per heavy atom. The number of benzene rings is 2. The molecule has 0 saturated heterocycles. The van der Waals surface area contributed by atoms with Crippen molar-refractivity contribution in [1.29, 1.82) is 0 Å². The van der Waals surface area contributed by atoms with E-state index in [2.05, 4.69) is 36.1 Å². The Kier molecular flexibility index (Phi) is 4.96. The van der Waals surface area contributed by atoms with Gasteiger partial charge in [-0.3, -0.25) is 4.79 Å². The van der Waals surface area contributed by atoms with Crippen LogP contribution in [0, 0.1) is 6.92 Å². The minimum Gasteiger partial charge on any atom is -0.493 e. The standard InChI is InChI=1S/C23H27NO2/c1-17-7-5-6-8-20(17)16-24(21-9-3-2-4-10-21)23(25)19-11-12-22-18(15-19)13-14-26-22/h5-8,11-12,15,21H,2-4,9-10,13-14,16H2,1H3. The highest BCUT2D eigenvalue weighted by Crippen LogP contribution is 2.29. The highest BCUT2D eigenvalue weighted by atomic mass is 16.5. The first-order valence-corrected chi connectivity index (χ1v) is 9.83. The van der Waals surface area contributed by atoms with Crippen molar-refractivity contribution in [3.05, 3.63) is 64.7 Å². The molecule has 2 aromatic rings. The van der Waals surface area contributed by atoms with Crippen molar-refractivity contribution < 1.29 is 9.53 Å². The number of hydrogen-bond donors (Lipinski definition) is 0. The number of rotatable bonds is 4. The second-order valence-electron chi connectivity index (χ2n) is 7.57. The van der Waals surface area contributed by atoms with E-state index in [4.69, 9.17) is 4.74 Å². The molecule has 2 aromatic carbocycles. The lowest BCUT2D eigenvalue weighted by molar-refractivity contribution is 0.0614. The molecule has 1 amide bonds. The van der Waals surface area contributed by atoms with E-state index in [9.17, 15) is 4.79 Å². The lowest BCUT2D eigenvalue weighted by Gasteiger charge is -2.35. The third-order valence-electron chi connectivity index (χ3n) is 5.81. The molecule has 3 nitrogen and oxygen atoms in total. The molecule has 1 fully saturated rings. The van der Waals surface area contributed by atoms with Crippen molar-refractivity contribution in [2.24, 2.45) is 0 Å². The highest BCUT2D eigenvalue weighted by molar-refractivity contribution is 5.95. The van der Waals surface area contributed by atoms with Crippen molar-refractivity contribution in [2.45, 2.75) is 58.0 Å². The van der Waals surface area contributed by atoms with Gasteiger partial charge in [-0.05, 0) is 54.7 Å². The zero-order valence-electron chi connectivity index (χ0n) is 15.5. The average Bonchev–Trinajstić information content (AvgIpc) is 3.15. The number of carbonyl (C=O) groups is 1. The number of hydrogen-bond acceptors (Lipinski definition) is 2. The number of nitrogens with zero attached hydrogens (tertiary/aromatic N) is 1. The molecule has 0 atom stereocenters. The largest absolute Gasteiger partial charge is 0.493 e. The van der Waals surface area contributed by atoms with Gasteiger partial charge in [-0.15, -0.1) is 0 Å². The molecule has 3 heteroatoms. The molecule has 0 N–H and O–H groups in total. The summed E-state index contributed by atoms with van der Waals surface area (Å²) in [6, 6.07) is 14.7. The minimum absolute atomic E-state index is 0.162. The summed E-state index contributed by atoms with van der Waals surface area (Å²) in [6.45, 7) is 3.55. The van der Waals surface area contributed by atoms with E-state index < -0.39 is 0 Å². The maximum Gasteiger partial charge on any atom is 0.254 e. The number of fused-ring (bicyclic) bond motifs is 1. The van der Waals surface area contributed by atoms with E-state index in [1.54, 1.807) is 0 Å². The van der Waals surface area contributed by atoms with Crippen LogP contribution in [0.4, 0.5) is 0 Å². The topological polar surface area (TPSA) is 29.5 Å². The molecule has 0 radical (unpaired) electrons. The highest BCUT2D eigenvalue weighted by Gasteiger charge is 2.27. The van der Waals surface area contributed by atoms with Crippen LogP contribution in [-0.2, 0) is 13.0 Å². The molecule has 1 aliphatic carbocycles. The molecule has 0 spiro atoms. The van der Waals surface area contributed by atoms with Crippen LogP contribution in [0.25, 0.3) is 0 Å². The Balaban J connectivity index is 1.63. The molecule has 136 valence electrons. The van der Waals surface area contributed by atoms with Crippen molar-refractivity contribution in [2.75, 3.05) is 6.61 Å². The van der Waals surface area contributed by atoms with Gasteiger partial charge in [0.1, 0.15) is 5.75 Å². The van der Waals surface area contributed by atoms with Crippen LogP contribution in [0.1, 0.15) is 59.2 Å². The number of ether oxygens (including phenoxy) is 1. The van der Waals surface area contributed by atoms with Crippen LogP contribution in [0.5, 0.6) is 5.75 Å². The Labute approximate surface area is 156 Å². The molecule has 0 unspecified atom stereocenters. The van der Waals surface area contributed by atoms with E-state index in [0.29, 0.717) is 12.6 Å². The average molecular weight is 349 g/mol. The zero-order valence-corrected chi connectivity index (χ0v) is 15.5. The van der Waals surface area contributed by atoms with Gasteiger partial charge in [-0.1, -0.05) is 43.5 Å². The summed E-state index contributed by atoms with van der Waals surface area (Å²) >= 11 is 0. The molecule has 1 heterocycles. The van der Waals surface area contributed by atoms with Gasteiger partial charge in [0.05, 0.1) is 6.61 Å². The normalized spacial score (nSPS) is 16.8. The van der Waals surface area contributed by atoms with Crippen molar-refractivity contribution in [3.63, 3.8) is 0 Å². The Morgan fingerprint density at radius 2 is 1.92 bits per heavy atom. The van der Waals surface area contributed by atoms with Crippen molar-refractivity contribution >= 4 is 5.91 Å². The zero-order chi connectivity index (χ0) is 17.9. The van der Waals surface area contributed by atoms with E-state index in [1.165, 1.54) is 30.4 Å². The first-order chi connectivity index (χ1) is 12.7. The fourth-order valence-corrected chi connectivity index (χ4v) is 4.22. The van der Waals surface area contributed by atoms with Gasteiger partial charge in [-0.2, -0.15) is 0 Å². The maximum absolute atomic E-state index is 13.4. The number of amides is 1. The quantitative estimate of drug-likeness (QED) is 0.785. The molecule has 0 bridgehead atoms. The number of aryl methyl sites for hydroxylation is 1. The Morgan fingerprint density at radius 3 is 2.73 bits per heavy atom. The first-order valence-electron chi connectivity index (χ1n) is 9.83. The second-order valence-corrected chi connectivity index (χ2v) is 7.57. The van der Waals surface area contributed by atoms with Crippen LogP contribution in [-0.4, -0.2) is 23.5 Å². The van der Waals surface area contributed by atoms with Gasteiger partial charge in [-0.25, -0.2) is 0 Å². The van der Waals surface area contributed by atoms with Crippen LogP contribution in [0.2, 0.25) is 0 Å². The molecule has 2 aliphatic rings. The fourth-order valence-electron chi connectivity index (χ4n) is 4.22. The van der Waals surface area contributed by atoms with E-state index in [-0.39, 0.29) is 5.91 Å². The lowest BCUT2D eigenvalue weighted by Crippen LogP contribution is -2.41. The van der Waals surface area contributed by atoms with Gasteiger partial charge in [0, 0.05) is 24.6 Å². The summed E-state index contributed by atoms with van der Waals surface area (Å²) in [7, 11) is 0. The third kappa shape index (κ3) is 3.48. The molecule has 1 aliphatic heterocycles. The predicted molar refractivity (Wildman–Crippen MR) is 104 cm³/mol. The van der Waals surface area contributed by atoms with Crippen LogP contribution in [0.3, 0.4) is 0 Å². The maximum atomic E-state index is 13.4. The molecule has 26 heavy (non-hydrogen) atoms. The summed E-state index contributed by atoms with van der Waals surface area (Å²) in [5, 5.41) is 0. The van der Waals surface area contributed by atoms with Gasteiger partial charge in [0.15, 0.2) is 0 Å². The van der Waals surface area contributed by atoms with Crippen LogP contribution in [0.15, 0.2) is 42.5 Å².